The number of carbonyl (C=O) groups is 3. The van der Waals surface area contributed by atoms with Crippen molar-refractivity contribution in [1.29, 1.82) is 0 Å². The standard InChI is InChI=1S/C17H23N3O4/c1-4-10(2)15(17(23)24)19-16(22)11-5-6-13-12(9-11)18-14(21)7-8-20(13)3/h5-6,9-10,15H,4,7-8H2,1-3H3,(H,18,21)(H,19,22)(H,23,24)/t10-,15-/m0/s1. The molecular weight excluding hydrogens is 310 g/mol. The van der Waals surface area contributed by atoms with E-state index in [9.17, 15) is 19.5 Å². The lowest BCUT2D eigenvalue weighted by Gasteiger charge is -2.21. The summed E-state index contributed by atoms with van der Waals surface area (Å²) in [6, 6.07) is 4.03. The minimum absolute atomic E-state index is 0.110. The Labute approximate surface area is 141 Å². The topological polar surface area (TPSA) is 98.7 Å². The van der Waals surface area contributed by atoms with E-state index in [0.29, 0.717) is 30.6 Å². The van der Waals surface area contributed by atoms with Crippen LogP contribution in [0.25, 0.3) is 0 Å². The number of carboxylic acid groups (broad SMARTS) is 1. The van der Waals surface area contributed by atoms with Gasteiger partial charge in [-0.15, -0.1) is 0 Å². The fourth-order valence-electron chi connectivity index (χ4n) is 2.62. The highest BCUT2D eigenvalue weighted by molar-refractivity contribution is 6.01. The SMILES string of the molecule is CC[C@H](C)[C@H](NC(=O)c1ccc2c(c1)NC(=O)CCN2C)C(=O)O. The third-order valence-corrected chi connectivity index (χ3v) is 4.38. The maximum atomic E-state index is 12.4. The second kappa shape index (κ2) is 7.33. The largest absolute Gasteiger partial charge is 0.480 e. The number of fused-ring (bicyclic) bond motifs is 1. The van der Waals surface area contributed by atoms with Gasteiger partial charge in [-0.3, -0.25) is 9.59 Å². The van der Waals surface area contributed by atoms with Crippen LogP contribution in [0.2, 0.25) is 0 Å². The first-order chi connectivity index (χ1) is 11.3. The molecule has 2 rings (SSSR count). The third kappa shape index (κ3) is 3.84. The normalized spacial score (nSPS) is 16.5. The summed E-state index contributed by atoms with van der Waals surface area (Å²) in [5.74, 6) is -1.81. The fourth-order valence-corrected chi connectivity index (χ4v) is 2.62. The molecule has 7 nitrogen and oxygen atoms in total. The highest BCUT2D eigenvalue weighted by Crippen LogP contribution is 2.29. The van der Waals surface area contributed by atoms with Gasteiger partial charge in [0, 0.05) is 25.6 Å². The fraction of sp³-hybridized carbons (Fsp3) is 0.471. The van der Waals surface area contributed by atoms with Crippen LogP contribution in [0, 0.1) is 5.92 Å². The van der Waals surface area contributed by atoms with E-state index in [0.717, 1.165) is 5.69 Å². The Morgan fingerprint density at radius 2 is 2.12 bits per heavy atom. The molecule has 1 aliphatic heterocycles. The van der Waals surface area contributed by atoms with Crippen molar-refractivity contribution in [3.05, 3.63) is 23.8 Å². The number of hydrogen-bond acceptors (Lipinski definition) is 4. The zero-order valence-corrected chi connectivity index (χ0v) is 14.1. The predicted octanol–water partition coefficient (Wildman–Crippen LogP) is 1.69. The van der Waals surface area contributed by atoms with Crippen molar-refractivity contribution < 1.29 is 19.5 Å². The van der Waals surface area contributed by atoms with Gasteiger partial charge in [-0.25, -0.2) is 4.79 Å². The zero-order chi connectivity index (χ0) is 17.9. The smallest absolute Gasteiger partial charge is 0.326 e. The van der Waals surface area contributed by atoms with Crippen molar-refractivity contribution in [2.24, 2.45) is 5.92 Å². The Morgan fingerprint density at radius 1 is 1.42 bits per heavy atom. The average molecular weight is 333 g/mol. The number of carboxylic acids is 1. The molecule has 0 radical (unpaired) electrons. The van der Waals surface area contributed by atoms with Crippen molar-refractivity contribution in [2.75, 3.05) is 23.8 Å². The Morgan fingerprint density at radius 3 is 2.75 bits per heavy atom. The highest BCUT2D eigenvalue weighted by Gasteiger charge is 2.26. The lowest BCUT2D eigenvalue weighted by molar-refractivity contribution is -0.140. The van der Waals surface area contributed by atoms with E-state index >= 15 is 0 Å². The molecule has 0 aromatic heterocycles. The number of carbonyl (C=O) groups excluding carboxylic acids is 2. The average Bonchev–Trinajstić information content (AvgIpc) is 2.69. The van der Waals surface area contributed by atoms with Crippen molar-refractivity contribution in [3.8, 4) is 0 Å². The van der Waals surface area contributed by atoms with E-state index in [1.54, 1.807) is 25.1 Å². The molecular formula is C17H23N3O4. The van der Waals surface area contributed by atoms with Crippen molar-refractivity contribution in [2.45, 2.75) is 32.7 Å². The molecule has 3 N–H and O–H groups in total. The van der Waals surface area contributed by atoms with Crippen LogP contribution in [0.5, 0.6) is 0 Å². The molecule has 1 aromatic carbocycles. The Bertz CT molecular complexity index is 659. The maximum absolute atomic E-state index is 12.4. The van der Waals surface area contributed by atoms with Gasteiger partial charge in [0.05, 0.1) is 11.4 Å². The Balaban J connectivity index is 2.24. The van der Waals surface area contributed by atoms with Crippen molar-refractivity contribution in [1.82, 2.24) is 5.32 Å². The summed E-state index contributed by atoms with van der Waals surface area (Å²) in [6.45, 7) is 4.26. The van der Waals surface area contributed by atoms with Gasteiger partial charge in [0.2, 0.25) is 5.91 Å². The Kier molecular flexibility index (Phi) is 5.43. The van der Waals surface area contributed by atoms with Crippen LogP contribution in [0.4, 0.5) is 11.4 Å². The van der Waals surface area contributed by atoms with Crippen LogP contribution in [-0.2, 0) is 9.59 Å². The number of hydrogen-bond donors (Lipinski definition) is 3. The van der Waals surface area contributed by atoms with Crippen LogP contribution in [0.1, 0.15) is 37.0 Å². The van der Waals surface area contributed by atoms with E-state index in [-0.39, 0.29) is 11.8 Å². The first kappa shape index (κ1) is 17.8. The number of aliphatic carboxylic acids is 1. The van der Waals surface area contributed by atoms with Gasteiger partial charge >= 0.3 is 5.97 Å². The number of nitrogens with zero attached hydrogens (tertiary/aromatic N) is 1. The number of nitrogens with one attached hydrogen (secondary N) is 2. The molecule has 0 saturated carbocycles. The monoisotopic (exact) mass is 333 g/mol. The summed E-state index contributed by atoms with van der Waals surface area (Å²) < 4.78 is 0. The summed E-state index contributed by atoms with van der Waals surface area (Å²) in [4.78, 5) is 37.5. The number of anilines is 2. The lowest BCUT2D eigenvalue weighted by Crippen LogP contribution is -2.45. The first-order valence-corrected chi connectivity index (χ1v) is 8.02. The van der Waals surface area contributed by atoms with Gasteiger partial charge in [0.1, 0.15) is 6.04 Å². The number of benzene rings is 1. The van der Waals surface area contributed by atoms with E-state index < -0.39 is 17.9 Å². The molecule has 24 heavy (non-hydrogen) atoms. The summed E-state index contributed by atoms with van der Waals surface area (Å²) in [5, 5.41) is 14.6. The molecule has 0 unspecified atom stereocenters. The minimum atomic E-state index is -1.06. The van der Waals surface area contributed by atoms with E-state index in [2.05, 4.69) is 10.6 Å². The number of amides is 2. The molecule has 2 atom stereocenters. The minimum Gasteiger partial charge on any atom is -0.480 e. The lowest BCUT2D eigenvalue weighted by atomic mass is 9.99. The quantitative estimate of drug-likeness (QED) is 0.762. The van der Waals surface area contributed by atoms with Crippen LogP contribution < -0.4 is 15.5 Å². The van der Waals surface area contributed by atoms with Crippen LogP contribution >= 0.6 is 0 Å². The summed E-state index contributed by atoms with van der Waals surface area (Å²) in [5.41, 5.74) is 1.70. The molecule has 0 spiro atoms. The molecule has 1 aromatic rings. The first-order valence-electron chi connectivity index (χ1n) is 8.02. The van der Waals surface area contributed by atoms with Gasteiger partial charge in [-0.05, 0) is 24.1 Å². The van der Waals surface area contributed by atoms with Crippen molar-refractivity contribution >= 4 is 29.2 Å². The van der Waals surface area contributed by atoms with Gasteiger partial charge < -0.3 is 20.6 Å². The van der Waals surface area contributed by atoms with Gasteiger partial charge in [-0.2, -0.15) is 0 Å². The molecule has 1 aliphatic rings. The Hall–Kier alpha value is -2.57. The summed E-state index contributed by atoms with van der Waals surface area (Å²) >= 11 is 0. The third-order valence-electron chi connectivity index (χ3n) is 4.38. The van der Waals surface area contributed by atoms with Crippen LogP contribution in [0.3, 0.4) is 0 Å². The van der Waals surface area contributed by atoms with Crippen LogP contribution in [-0.4, -0.2) is 42.5 Å². The van der Waals surface area contributed by atoms with Crippen LogP contribution in [0.15, 0.2) is 18.2 Å². The highest BCUT2D eigenvalue weighted by atomic mass is 16.4. The molecule has 0 fully saturated rings. The van der Waals surface area contributed by atoms with E-state index in [1.165, 1.54) is 0 Å². The van der Waals surface area contributed by atoms with Gasteiger partial charge in [0.25, 0.3) is 5.91 Å². The summed E-state index contributed by atoms with van der Waals surface area (Å²) in [7, 11) is 1.88. The molecule has 0 saturated heterocycles. The summed E-state index contributed by atoms with van der Waals surface area (Å²) in [6.07, 6.45) is 1.02. The van der Waals surface area contributed by atoms with Gasteiger partial charge in [0.15, 0.2) is 0 Å². The molecule has 0 bridgehead atoms. The molecule has 0 aliphatic carbocycles. The van der Waals surface area contributed by atoms with E-state index in [1.807, 2.05) is 18.9 Å². The molecule has 7 heteroatoms. The van der Waals surface area contributed by atoms with Gasteiger partial charge in [-0.1, -0.05) is 20.3 Å². The number of rotatable bonds is 5. The van der Waals surface area contributed by atoms with E-state index in [4.69, 9.17) is 0 Å². The molecule has 130 valence electrons. The second-order valence-corrected chi connectivity index (χ2v) is 6.13. The second-order valence-electron chi connectivity index (χ2n) is 6.13. The predicted molar refractivity (Wildman–Crippen MR) is 91.3 cm³/mol. The maximum Gasteiger partial charge on any atom is 0.326 e. The molecule has 2 amide bonds. The zero-order valence-electron chi connectivity index (χ0n) is 14.1. The molecule has 1 heterocycles. The van der Waals surface area contributed by atoms with Crippen molar-refractivity contribution in [3.63, 3.8) is 0 Å².